The van der Waals surface area contributed by atoms with Gasteiger partial charge in [0, 0.05) is 17.8 Å². The van der Waals surface area contributed by atoms with Crippen LogP contribution in [0.5, 0.6) is 0 Å². The van der Waals surface area contributed by atoms with E-state index in [2.05, 4.69) is 41.4 Å². The van der Waals surface area contributed by atoms with Gasteiger partial charge in [0.1, 0.15) is 0 Å². The summed E-state index contributed by atoms with van der Waals surface area (Å²) in [5.74, 6) is -0.0919. The molecule has 0 spiro atoms. The van der Waals surface area contributed by atoms with Crippen LogP contribution in [0.2, 0.25) is 0 Å². The molecule has 1 heterocycles. The molecule has 0 aliphatic heterocycles. The Bertz CT molecular complexity index is 1060. The number of rotatable bonds is 5. The molecule has 1 aliphatic carbocycles. The number of aromatic nitrogens is 1. The highest BCUT2D eigenvalue weighted by atomic mass is 32.2. The molecule has 1 aromatic heterocycles. The molecular formula is C23H23NO3S. The Kier molecular flexibility index (Phi) is 5.29. The van der Waals surface area contributed by atoms with Crippen LogP contribution < -0.4 is 0 Å². The SMILES string of the molecule is CS(=O)(=O)O[C@@H]1CCc2cccnc2[C@H]1Cc1cccc(-c2ccccc2)c1. The molecule has 2 atom stereocenters. The highest BCUT2D eigenvalue weighted by molar-refractivity contribution is 7.86. The van der Waals surface area contributed by atoms with E-state index in [0.29, 0.717) is 12.8 Å². The fourth-order valence-electron chi connectivity index (χ4n) is 4.00. The summed E-state index contributed by atoms with van der Waals surface area (Å²) >= 11 is 0. The number of aryl methyl sites for hydroxylation is 1. The molecule has 0 saturated heterocycles. The standard InChI is InChI=1S/C23H23NO3S/c1-28(25,26)27-22-13-12-19-11-6-14-24-23(19)21(22)16-17-7-5-10-20(15-17)18-8-3-2-4-9-18/h2-11,14-15,21-22H,12-13,16H2,1H3/t21-,22+/m0/s1. The third-order valence-corrected chi connectivity index (χ3v) is 5.81. The van der Waals surface area contributed by atoms with Gasteiger partial charge in [-0.3, -0.25) is 9.17 Å². The number of fused-ring (bicyclic) bond motifs is 1. The lowest BCUT2D eigenvalue weighted by atomic mass is 9.80. The zero-order valence-corrected chi connectivity index (χ0v) is 16.6. The Morgan fingerprint density at radius 1 is 1.00 bits per heavy atom. The molecule has 3 aromatic rings. The molecule has 4 rings (SSSR count). The van der Waals surface area contributed by atoms with Gasteiger partial charge in [0.2, 0.25) is 0 Å². The molecule has 0 fully saturated rings. The summed E-state index contributed by atoms with van der Waals surface area (Å²) in [6, 6.07) is 22.6. The number of hydrogen-bond acceptors (Lipinski definition) is 4. The van der Waals surface area contributed by atoms with Crippen LogP contribution in [0.1, 0.15) is 29.2 Å². The molecule has 4 nitrogen and oxygen atoms in total. The molecule has 0 saturated carbocycles. The molecule has 0 unspecified atom stereocenters. The molecule has 0 radical (unpaired) electrons. The zero-order valence-electron chi connectivity index (χ0n) is 15.8. The van der Waals surface area contributed by atoms with E-state index in [1.54, 1.807) is 6.20 Å². The molecule has 0 bridgehead atoms. The van der Waals surface area contributed by atoms with Crippen molar-refractivity contribution in [3.8, 4) is 11.1 Å². The summed E-state index contributed by atoms with van der Waals surface area (Å²) in [5.41, 5.74) is 5.59. The number of hydrogen-bond donors (Lipinski definition) is 0. The van der Waals surface area contributed by atoms with Crippen molar-refractivity contribution in [2.45, 2.75) is 31.3 Å². The Balaban J connectivity index is 1.67. The first-order valence-electron chi connectivity index (χ1n) is 9.46. The quantitative estimate of drug-likeness (QED) is 0.604. The molecular weight excluding hydrogens is 370 g/mol. The van der Waals surface area contributed by atoms with Gasteiger partial charge in [-0.05, 0) is 47.6 Å². The van der Waals surface area contributed by atoms with E-state index < -0.39 is 16.2 Å². The minimum atomic E-state index is -3.53. The Morgan fingerprint density at radius 3 is 2.57 bits per heavy atom. The predicted octanol–water partition coefficient (Wildman–Crippen LogP) is 4.37. The summed E-state index contributed by atoms with van der Waals surface area (Å²) in [6.45, 7) is 0. The van der Waals surface area contributed by atoms with Crippen molar-refractivity contribution >= 4 is 10.1 Å². The second kappa shape index (κ2) is 7.86. The smallest absolute Gasteiger partial charge is 0.264 e. The maximum absolute atomic E-state index is 11.8. The minimum Gasteiger partial charge on any atom is -0.266 e. The van der Waals surface area contributed by atoms with Gasteiger partial charge in [-0.25, -0.2) is 0 Å². The van der Waals surface area contributed by atoms with E-state index in [-0.39, 0.29) is 5.92 Å². The van der Waals surface area contributed by atoms with Crippen molar-refractivity contribution < 1.29 is 12.6 Å². The van der Waals surface area contributed by atoms with Crippen molar-refractivity contribution in [1.82, 2.24) is 4.98 Å². The largest absolute Gasteiger partial charge is 0.266 e. The van der Waals surface area contributed by atoms with Crippen LogP contribution in [-0.2, 0) is 27.1 Å². The molecule has 0 N–H and O–H groups in total. The van der Waals surface area contributed by atoms with Gasteiger partial charge in [0.05, 0.1) is 12.4 Å². The van der Waals surface area contributed by atoms with Gasteiger partial charge in [-0.15, -0.1) is 0 Å². The molecule has 2 aromatic carbocycles. The highest BCUT2D eigenvalue weighted by Crippen LogP contribution is 2.36. The average molecular weight is 394 g/mol. The highest BCUT2D eigenvalue weighted by Gasteiger charge is 2.33. The van der Waals surface area contributed by atoms with E-state index >= 15 is 0 Å². The summed E-state index contributed by atoms with van der Waals surface area (Å²) in [4.78, 5) is 4.58. The third-order valence-electron chi connectivity index (χ3n) is 5.21. The van der Waals surface area contributed by atoms with Crippen molar-refractivity contribution in [3.63, 3.8) is 0 Å². The summed E-state index contributed by atoms with van der Waals surface area (Å²) in [7, 11) is -3.53. The topological polar surface area (TPSA) is 56.3 Å². The first-order chi connectivity index (χ1) is 13.5. The number of pyridine rings is 1. The number of benzene rings is 2. The second-order valence-corrected chi connectivity index (χ2v) is 8.90. The van der Waals surface area contributed by atoms with Crippen molar-refractivity contribution in [2.24, 2.45) is 0 Å². The second-order valence-electron chi connectivity index (χ2n) is 7.30. The predicted molar refractivity (Wildman–Crippen MR) is 111 cm³/mol. The zero-order chi connectivity index (χ0) is 19.6. The average Bonchev–Trinajstić information content (AvgIpc) is 2.70. The maximum atomic E-state index is 11.8. The molecule has 28 heavy (non-hydrogen) atoms. The van der Waals surface area contributed by atoms with E-state index in [1.807, 2.05) is 30.3 Å². The van der Waals surface area contributed by atoms with Crippen molar-refractivity contribution in [3.05, 3.63) is 89.7 Å². The van der Waals surface area contributed by atoms with Crippen LogP contribution in [-0.4, -0.2) is 25.8 Å². The van der Waals surface area contributed by atoms with E-state index in [4.69, 9.17) is 4.18 Å². The molecule has 1 aliphatic rings. The fourth-order valence-corrected chi connectivity index (χ4v) is 4.68. The van der Waals surface area contributed by atoms with Gasteiger partial charge in [0.25, 0.3) is 10.1 Å². The van der Waals surface area contributed by atoms with Crippen LogP contribution in [0.15, 0.2) is 72.9 Å². The lowest BCUT2D eigenvalue weighted by molar-refractivity contribution is 0.157. The third kappa shape index (κ3) is 4.32. The van der Waals surface area contributed by atoms with Crippen molar-refractivity contribution in [1.29, 1.82) is 0 Å². The van der Waals surface area contributed by atoms with Gasteiger partial charge in [-0.1, -0.05) is 60.7 Å². The lowest BCUT2D eigenvalue weighted by Gasteiger charge is -2.32. The van der Waals surface area contributed by atoms with Crippen LogP contribution in [0, 0.1) is 0 Å². The first kappa shape index (κ1) is 18.8. The first-order valence-corrected chi connectivity index (χ1v) is 11.3. The number of nitrogens with zero attached hydrogens (tertiary/aromatic N) is 1. The lowest BCUT2D eigenvalue weighted by Crippen LogP contribution is -2.32. The van der Waals surface area contributed by atoms with Crippen LogP contribution in [0.4, 0.5) is 0 Å². The monoisotopic (exact) mass is 393 g/mol. The minimum absolute atomic E-state index is 0.0919. The summed E-state index contributed by atoms with van der Waals surface area (Å²) in [5, 5.41) is 0. The maximum Gasteiger partial charge on any atom is 0.264 e. The van der Waals surface area contributed by atoms with Crippen molar-refractivity contribution in [2.75, 3.05) is 6.26 Å². The van der Waals surface area contributed by atoms with Gasteiger partial charge >= 0.3 is 0 Å². The van der Waals surface area contributed by atoms with Gasteiger partial charge in [-0.2, -0.15) is 8.42 Å². The summed E-state index contributed by atoms with van der Waals surface area (Å²) in [6.07, 6.45) is 4.64. The summed E-state index contributed by atoms with van der Waals surface area (Å²) < 4.78 is 29.1. The van der Waals surface area contributed by atoms with Crippen LogP contribution in [0.25, 0.3) is 11.1 Å². The van der Waals surface area contributed by atoms with E-state index in [1.165, 1.54) is 5.56 Å². The Labute approximate surface area is 166 Å². The normalized spacial score (nSPS) is 19.2. The van der Waals surface area contributed by atoms with E-state index in [0.717, 1.165) is 35.1 Å². The van der Waals surface area contributed by atoms with E-state index in [9.17, 15) is 8.42 Å². The molecule has 144 valence electrons. The Morgan fingerprint density at radius 2 is 1.79 bits per heavy atom. The van der Waals surface area contributed by atoms with Gasteiger partial charge in [0.15, 0.2) is 0 Å². The Hall–Kier alpha value is -2.50. The fraction of sp³-hybridized carbons (Fsp3) is 0.261. The van der Waals surface area contributed by atoms with Crippen LogP contribution in [0.3, 0.4) is 0 Å². The van der Waals surface area contributed by atoms with Crippen LogP contribution >= 0.6 is 0 Å². The molecule has 5 heteroatoms. The van der Waals surface area contributed by atoms with Gasteiger partial charge < -0.3 is 0 Å². The molecule has 0 amide bonds.